The van der Waals surface area contributed by atoms with Gasteiger partial charge in [0.15, 0.2) is 12.1 Å². The summed E-state index contributed by atoms with van der Waals surface area (Å²) >= 11 is 5.85. The average molecular weight is 393 g/mol. The molecule has 26 heavy (non-hydrogen) atoms. The van der Waals surface area contributed by atoms with Crippen LogP contribution in [0.2, 0.25) is 5.02 Å². The van der Waals surface area contributed by atoms with E-state index in [1.165, 1.54) is 9.21 Å². The largest absolute Gasteiger partial charge is 0.435 e. The van der Waals surface area contributed by atoms with Crippen molar-refractivity contribution in [2.75, 3.05) is 26.2 Å². The molecule has 8 heteroatoms. The van der Waals surface area contributed by atoms with Crippen molar-refractivity contribution in [1.82, 2.24) is 9.29 Å². The lowest BCUT2D eigenvalue weighted by Gasteiger charge is -2.30. The van der Waals surface area contributed by atoms with Crippen LogP contribution in [-0.4, -0.2) is 43.9 Å². The van der Waals surface area contributed by atoms with E-state index in [2.05, 4.69) is 4.98 Å². The van der Waals surface area contributed by atoms with Gasteiger partial charge in [-0.25, -0.2) is 13.4 Å². The molecular weight excluding hydrogens is 374 g/mol. The van der Waals surface area contributed by atoms with Crippen LogP contribution in [-0.2, 0) is 16.6 Å². The zero-order valence-electron chi connectivity index (χ0n) is 14.1. The molecule has 6 nitrogen and oxygen atoms in total. The van der Waals surface area contributed by atoms with Gasteiger partial charge in [0.05, 0.1) is 31.1 Å². The normalized spacial score (nSPS) is 17.0. The third-order valence-electron chi connectivity index (χ3n) is 4.62. The SMILES string of the molecule is O=S(=O)(c1ccc(Cl)cc1)N1CC[NH+](Cc2nc3ccccc3o2)CC1. The number of hydrogen-bond acceptors (Lipinski definition) is 4. The molecule has 2 aromatic carbocycles. The molecule has 1 saturated heterocycles. The van der Waals surface area contributed by atoms with Crippen LogP contribution >= 0.6 is 11.6 Å². The zero-order chi connectivity index (χ0) is 18.1. The Hall–Kier alpha value is -1.93. The molecule has 1 fully saturated rings. The first kappa shape index (κ1) is 17.5. The van der Waals surface area contributed by atoms with Crippen molar-refractivity contribution in [2.24, 2.45) is 0 Å². The van der Waals surface area contributed by atoms with Gasteiger partial charge in [-0.15, -0.1) is 0 Å². The predicted molar refractivity (Wildman–Crippen MR) is 98.6 cm³/mol. The quantitative estimate of drug-likeness (QED) is 0.731. The number of hydrogen-bond donors (Lipinski definition) is 1. The van der Waals surface area contributed by atoms with Crippen molar-refractivity contribution in [3.8, 4) is 0 Å². The monoisotopic (exact) mass is 392 g/mol. The molecular formula is C18H19ClN3O3S+. The lowest BCUT2D eigenvalue weighted by molar-refractivity contribution is -0.918. The summed E-state index contributed by atoms with van der Waals surface area (Å²) in [7, 11) is -3.47. The third kappa shape index (κ3) is 3.48. The van der Waals surface area contributed by atoms with E-state index in [4.69, 9.17) is 16.0 Å². The number of piperazine rings is 1. The Morgan fingerprint density at radius 3 is 2.46 bits per heavy atom. The van der Waals surface area contributed by atoms with Gasteiger partial charge >= 0.3 is 0 Å². The Labute approximate surface area is 157 Å². The lowest BCUT2D eigenvalue weighted by atomic mass is 10.3. The van der Waals surface area contributed by atoms with E-state index in [1.54, 1.807) is 24.3 Å². The maximum atomic E-state index is 12.7. The van der Waals surface area contributed by atoms with Gasteiger partial charge in [-0.2, -0.15) is 4.31 Å². The van der Waals surface area contributed by atoms with Crippen molar-refractivity contribution in [1.29, 1.82) is 0 Å². The first-order chi connectivity index (χ1) is 12.5. The minimum atomic E-state index is -3.47. The number of para-hydroxylation sites is 2. The maximum absolute atomic E-state index is 12.7. The first-order valence-electron chi connectivity index (χ1n) is 8.46. The van der Waals surface area contributed by atoms with Crippen molar-refractivity contribution < 1.29 is 17.7 Å². The van der Waals surface area contributed by atoms with Gasteiger partial charge < -0.3 is 9.32 Å². The Balaban J connectivity index is 1.41. The van der Waals surface area contributed by atoms with E-state index >= 15 is 0 Å². The van der Waals surface area contributed by atoms with Gasteiger partial charge in [0.25, 0.3) is 5.89 Å². The van der Waals surface area contributed by atoms with Crippen LogP contribution in [0.25, 0.3) is 11.1 Å². The molecule has 2 heterocycles. The first-order valence-corrected chi connectivity index (χ1v) is 10.3. The Kier molecular flexibility index (Phi) is 4.71. The number of oxazole rings is 1. The van der Waals surface area contributed by atoms with E-state index in [0.717, 1.165) is 11.1 Å². The minimum absolute atomic E-state index is 0.282. The molecule has 1 aromatic heterocycles. The molecule has 0 amide bonds. The lowest BCUT2D eigenvalue weighted by Crippen LogP contribution is -3.13. The minimum Gasteiger partial charge on any atom is -0.435 e. The second-order valence-corrected chi connectivity index (χ2v) is 8.73. The van der Waals surface area contributed by atoms with Crippen LogP contribution in [0.5, 0.6) is 0 Å². The molecule has 1 N–H and O–H groups in total. The summed E-state index contributed by atoms with van der Waals surface area (Å²) in [6, 6.07) is 14.0. The van der Waals surface area contributed by atoms with Gasteiger partial charge in [-0.05, 0) is 36.4 Å². The third-order valence-corrected chi connectivity index (χ3v) is 6.79. The number of halogens is 1. The van der Waals surface area contributed by atoms with Crippen LogP contribution in [0.3, 0.4) is 0 Å². The molecule has 3 aromatic rings. The van der Waals surface area contributed by atoms with E-state index in [9.17, 15) is 8.42 Å². The average Bonchev–Trinajstić information content (AvgIpc) is 3.05. The van der Waals surface area contributed by atoms with Gasteiger partial charge in [-0.1, -0.05) is 23.7 Å². The van der Waals surface area contributed by atoms with Crippen molar-refractivity contribution in [3.05, 3.63) is 59.4 Å². The Bertz CT molecular complexity index is 977. The zero-order valence-corrected chi connectivity index (χ0v) is 15.6. The van der Waals surface area contributed by atoms with Gasteiger partial charge in [0.2, 0.25) is 10.0 Å². The van der Waals surface area contributed by atoms with Crippen LogP contribution in [0, 0.1) is 0 Å². The molecule has 0 aliphatic carbocycles. The smallest absolute Gasteiger partial charge is 0.251 e. The number of aromatic nitrogens is 1. The van der Waals surface area contributed by atoms with Gasteiger partial charge in [-0.3, -0.25) is 0 Å². The molecule has 0 atom stereocenters. The number of rotatable bonds is 4. The summed E-state index contributed by atoms with van der Waals surface area (Å²) in [5.41, 5.74) is 1.64. The summed E-state index contributed by atoms with van der Waals surface area (Å²) in [6.07, 6.45) is 0. The highest BCUT2D eigenvalue weighted by atomic mass is 35.5. The highest BCUT2D eigenvalue weighted by Crippen LogP contribution is 2.18. The number of sulfonamides is 1. The summed E-state index contributed by atoms with van der Waals surface area (Å²) in [4.78, 5) is 6.04. The number of fused-ring (bicyclic) bond motifs is 1. The molecule has 1 aliphatic heterocycles. The van der Waals surface area contributed by atoms with E-state index < -0.39 is 10.0 Å². The maximum Gasteiger partial charge on any atom is 0.251 e. The molecule has 0 radical (unpaired) electrons. The second kappa shape index (κ2) is 7.00. The van der Waals surface area contributed by atoms with E-state index in [1.807, 2.05) is 24.3 Å². The van der Waals surface area contributed by atoms with Crippen molar-refractivity contribution in [3.63, 3.8) is 0 Å². The highest BCUT2D eigenvalue weighted by Gasteiger charge is 2.31. The van der Waals surface area contributed by atoms with Crippen LogP contribution < -0.4 is 4.90 Å². The summed E-state index contributed by atoms with van der Waals surface area (Å²) in [6.45, 7) is 3.03. The molecule has 0 bridgehead atoms. The number of nitrogens with zero attached hydrogens (tertiary/aromatic N) is 2. The molecule has 1 aliphatic rings. The fourth-order valence-electron chi connectivity index (χ4n) is 3.18. The number of benzene rings is 2. The molecule has 0 unspecified atom stereocenters. The molecule has 0 spiro atoms. The predicted octanol–water partition coefficient (Wildman–Crippen LogP) is 1.57. The highest BCUT2D eigenvalue weighted by molar-refractivity contribution is 7.89. The van der Waals surface area contributed by atoms with Crippen LogP contribution in [0.15, 0.2) is 57.8 Å². The van der Waals surface area contributed by atoms with Crippen molar-refractivity contribution in [2.45, 2.75) is 11.4 Å². The summed E-state index contributed by atoms with van der Waals surface area (Å²) in [5.74, 6) is 0.690. The molecule has 4 rings (SSSR count). The van der Waals surface area contributed by atoms with Crippen LogP contribution in [0.1, 0.15) is 5.89 Å². The van der Waals surface area contributed by atoms with Crippen molar-refractivity contribution >= 4 is 32.7 Å². The number of nitrogens with one attached hydrogen (secondary N) is 1. The number of quaternary nitrogens is 1. The Morgan fingerprint density at radius 2 is 1.77 bits per heavy atom. The van der Waals surface area contributed by atoms with Gasteiger partial charge in [0.1, 0.15) is 5.52 Å². The van der Waals surface area contributed by atoms with E-state index in [-0.39, 0.29) is 4.90 Å². The molecule has 0 saturated carbocycles. The fraction of sp³-hybridized carbons (Fsp3) is 0.278. The summed E-state index contributed by atoms with van der Waals surface area (Å²) in [5, 5.41) is 0.525. The van der Waals surface area contributed by atoms with E-state index in [0.29, 0.717) is 43.6 Å². The Morgan fingerprint density at radius 1 is 1.08 bits per heavy atom. The molecule has 136 valence electrons. The standard InChI is InChI=1S/C18H18ClN3O3S/c19-14-5-7-15(8-6-14)26(23,24)22-11-9-21(10-12-22)13-18-20-16-3-1-2-4-17(16)25-18/h1-8H,9-13H2/p+1. The van der Waals surface area contributed by atoms with Gasteiger partial charge in [0, 0.05) is 5.02 Å². The summed E-state index contributed by atoms with van der Waals surface area (Å²) < 4.78 is 32.7. The fourth-order valence-corrected chi connectivity index (χ4v) is 4.75. The van der Waals surface area contributed by atoms with Crippen LogP contribution in [0.4, 0.5) is 0 Å². The topological polar surface area (TPSA) is 67.8 Å². The second-order valence-electron chi connectivity index (χ2n) is 6.36.